The summed E-state index contributed by atoms with van der Waals surface area (Å²) in [5.74, 6) is -1.28. The number of rotatable bonds is 7. The molecular weight excluding hydrogens is 499 g/mol. The van der Waals surface area contributed by atoms with Gasteiger partial charge in [0.2, 0.25) is 11.9 Å². The number of benzene rings is 1. The first kappa shape index (κ1) is 29.2. The number of nitrogens with zero attached hydrogens (tertiary/aromatic N) is 4. The van der Waals surface area contributed by atoms with Gasteiger partial charge in [0.15, 0.2) is 0 Å². The lowest BCUT2D eigenvalue weighted by Crippen LogP contribution is -2.44. The maximum absolute atomic E-state index is 13.6. The first-order chi connectivity index (χ1) is 17.5. The molecule has 2 amide bonds. The molecule has 2 atom stereocenters. The number of hydrogen-bond donors (Lipinski definition) is 3. The van der Waals surface area contributed by atoms with E-state index in [-0.39, 0.29) is 43.1 Å². The van der Waals surface area contributed by atoms with E-state index in [1.54, 1.807) is 29.2 Å². The van der Waals surface area contributed by atoms with E-state index >= 15 is 0 Å². The van der Waals surface area contributed by atoms with Gasteiger partial charge in [-0.15, -0.1) is 0 Å². The number of anilines is 3. The van der Waals surface area contributed by atoms with Crippen molar-refractivity contribution < 1.29 is 22.8 Å². The molecule has 1 saturated heterocycles. The molecule has 2 aliphatic rings. The number of amides is 2. The monoisotopic (exact) mass is 535 g/mol. The summed E-state index contributed by atoms with van der Waals surface area (Å²) in [5, 5.41) is 5.73. The predicted molar refractivity (Wildman–Crippen MR) is 140 cm³/mol. The van der Waals surface area contributed by atoms with Gasteiger partial charge in [-0.25, -0.2) is 4.98 Å². The Morgan fingerprint density at radius 2 is 1.76 bits per heavy atom. The van der Waals surface area contributed by atoms with Crippen molar-refractivity contribution in [2.24, 2.45) is 11.7 Å². The maximum Gasteiger partial charge on any atom is 0.421 e. The highest BCUT2D eigenvalue weighted by Gasteiger charge is 2.37. The molecule has 2 heterocycles. The van der Waals surface area contributed by atoms with Crippen LogP contribution < -0.4 is 16.4 Å². The molecule has 9 nitrogen and oxygen atoms in total. The number of primary amides is 1. The summed E-state index contributed by atoms with van der Waals surface area (Å²) in [6.45, 7) is 1.89. The van der Waals surface area contributed by atoms with Gasteiger partial charge < -0.3 is 26.2 Å². The number of nitrogens with one attached hydrogen (secondary N) is 2. The average molecular weight is 536 g/mol. The van der Waals surface area contributed by atoms with E-state index in [1.165, 1.54) is 0 Å². The molecule has 1 aliphatic heterocycles. The van der Waals surface area contributed by atoms with Gasteiger partial charge in [0.25, 0.3) is 5.91 Å². The van der Waals surface area contributed by atoms with Crippen LogP contribution in [0, 0.1) is 5.92 Å². The van der Waals surface area contributed by atoms with Crippen LogP contribution in [0.5, 0.6) is 0 Å². The fraction of sp³-hybridized carbons (Fsp3) is 0.538. The van der Waals surface area contributed by atoms with Crippen LogP contribution in [0.1, 0.15) is 55.5 Å². The van der Waals surface area contributed by atoms with Gasteiger partial charge in [0.1, 0.15) is 11.4 Å². The van der Waals surface area contributed by atoms with Gasteiger partial charge in [-0.3, -0.25) is 9.59 Å². The average Bonchev–Trinajstić information content (AvgIpc) is 3.32. The Hall–Kier alpha value is -3.41. The second-order valence-corrected chi connectivity index (χ2v) is 9.86. The zero-order valence-corrected chi connectivity index (χ0v) is 20.9. The summed E-state index contributed by atoms with van der Waals surface area (Å²) < 4.78 is 40.7. The van der Waals surface area contributed by atoms with E-state index in [0.717, 1.165) is 32.1 Å². The van der Waals surface area contributed by atoms with E-state index in [9.17, 15) is 22.8 Å². The number of aromatic nitrogens is 2. The number of carbonyl (C=O) groups is 2. The number of alkyl halides is 3. The molecule has 208 valence electrons. The summed E-state index contributed by atoms with van der Waals surface area (Å²) in [6, 6.07) is 6.50. The highest BCUT2D eigenvalue weighted by molar-refractivity contribution is 5.94. The van der Waals surface area contributed by atoms with Crippen molar-refractivity contribution >= 4 is 29.3 Å². The van der Waals surface area contributed by atoms with Gasteiger partial charge in [-0.1, -0.05) is 7.43 Å². The van der Waals surface area contributed by atoms with Crippen molar-refractivity contribution in [2.45, 2.75) is 57.8 Å². The van der Waals surface area contributed by atoms with Crippen molar-refractivity contribution in [1.29, 1.82) is 0 Å². The third-order valence-corrected chi connectivity index (χ3v) is 7.21. The lowest BCUT2D eigenvalue weighted by Gasteiger charge is -2.35. The van der Waals surface area contributed by atoms with Crippen molar-refractivity contribution in [3.8, 4) is 0 Å². The van der Waals surface area contributed by atoms with E-state index < -0.39 is 17.6 Å². The lowest BCUT2D eigenvalue weighted by molar-refractivity contribution is -0.137. The highest BCUT2D eigenvalue weighted by atomic mass is 19.4. The summed E-state index contributed by atoms with van der Waals surface area (Å²) >= 11 is 0. The first-order valence-corrected chi connectivity index (χ1v) is 12.3. The topological polar surface area (TPSA) is 116 Å². The van der Waals surface area contributed by atoms with Gasteiger partial charge in [-0.05, 0) is 76.5 Å². The van der Waals surface area contributed by atoms with Crippen LogP contribution in [0.4, 0.5) is 30.6 Å². The van der Waals surface area contributed by atoms with Crippen LogP contribution in [-0.4, -0.2) is 70.9 Å². The molecule has 0 unspecified atom stereocenters. The highest BCUT2D eigenvalue weighted by Crippen LogP contribution is 2.36. The quantitative estimate of drug-likeness (QED) is 0.489. The number of piperidine rings is 1. The molecule has 4 rings (SSSR count). The third kappa shape index (κ3) is 6.91. The summed E-state index contributed by atoms with van der Waals surface area (Å²) in [6.07, 6.45) is -0.701. The number of nitrogens with two attached hydrogens (primary N) is 1. The van der Waals surface area contributed by atoms with Crippen LogP contribution in [0.3, 0.4) is 0 Å². The van der Waals surface area contributed by atoms with Crippen LogP contribution in [0.25, 0.3) is 0 Å². The van der Waals surface area contributed by atoms with Crippen molar-refractivity contribution in [1.82, 2.24) is 19.8 Å². The Morgan fingerprint density at radius 3 is 2.34 bits per heavy atom. The molecule has 12 heteroatoms. The second kappa shape index (κ2) is 12.0. The molecule has 2 fully saturated rings. The molecule has 1 saturated carbocycles. The zero-order valence-electron chi connectivity index (χ0n) is 20.9. The van der Waals surface area contributed by atoms with E-state index in [0.29, 0.717) is 30.5 Å². The van der Waals surface area contributed by atoms with Crippen LogP contribution in [0.2, 0.25) is 0 Å². The first-order valence-electron chi connectivity index (χ1n) is 12.3. The molecule has 38 heavy (non-hydrogen) atoms. The van der Waals surface area contributed by atoms with Crippen LogP contribution >= 0.6 is 0 Å². The summed E-state index contributed by atoms with van der Waals surface area (Å²) in [5.41, 5.74) is 5.40. The van der Waals surface area contributed by atoms with Gasteiger partial charge >= 0.3 is 6.18 Å². The molecule has 0 spiro atoms. The minimum absolute atomic E-state index is 0. The van der Waals surface area contributed by atoms with Crippen LogP contribution in [0.15, 0.2) is 30.5 Å². The van der Waals surface area contributed by atoms with Crippen molar-refractivity contribution in [2.75, 3.05) is 37.8 Å². The smallest absolute Gasteiger partial charge is 0.369 e. The molecule has 0 bridgehead atoms. The van der Waals surface area contributed by atoms with Gasteiger partial charge in [-0.2, -0.15) is 18.2 Å². The number of halogens is 3. The molecule has 1 aromatic carbocycles. The van der Waals surface area contributed by atoms with Crippen molar-refractivity contribution in [3.05, 3.63) is 41.6 Å². The minimum atomic E-state index is -4.65. The van der Waals surface area contributed by atoms with Gasteiger partial charge in [0.05, 0.1) is 0 Å². The lowest BCUT2D eigenvalue weighted by atomic mass is 10.0. The molecule has 1 aliphatic carbocycles. The van der Waals surface area contributed by atoms with E-state index in [2.05, 4.69) is 32.5 Å². The SMILES string of the molecule is C.CN1CCC(N(C)C(=O)c2ccc(Nc3ncc(C(F)(F)F)c(N[C@H]4CC[C@@H](C(N)=O)C4)n3)cc2)CC1. The molecule has 1 aromatic heterocycles. The number of likely N-dealkylation sites (tertiary alicyclic amines) is 1. The second-order valence-electron chi connectivity index (χ2n) is 9.86. The standard InChI is InChI=1S/C25H32F3N7O2.CH4/c1-34-11-9-19(10-12-34)35(2)23(37)15-3-6-17(7-4-15)32-24-30-14-20(25(26,27)28)22(33-24)31-18-8-5-16(13-18)21(29)36;/h3-4,6-7,14,16,18-19H,5,8-13H2,1-2H3,(H2,29,36)(H2,30,31,32,33);1H4/t16-,18+;/m1./s1. The van der Waals surface area contributed by atoms with Crippen LogP contribution in [-0.2, 0) is 11.0 Å². The largest absolute Gasteiger partial charge is 0.421 e. The van der Waals surface area contributed by atoms with Crippen molar-refractivity contribution in [3.63, 3.8) is 0 Å². The number of carbonyl (C=O) groups excluding carboxylic acids is 2. The Kier molecular flexibility index (Phi) is 9.18. The Bertz CT molecular complexity index is 1120. The molecule has 4 N–H and O–H groups in total. The third-order valence-electron chi connectivity index (χ3n) is 7.21. The fourth-order valence-corrected chi connectivity index (χ4v) is 4.90. The predicted octanol–water partition coefficient (Wildman–Crippen LogP) is 4.11. The Balaban J connectivity index is 0.00000400. The van der Waals surface area contributed by atoms with E-state index in [4.69, 9.17) is 5.73 Å². The fourth-order valence-electron chi connectivity index (χ4n) is 4.90. The Labute approximate surface area is 221 Å². The zero-order chi connectivity index (χ0) is 26.7. The summed E-state index contributed by atoms with van der Waals surface area (Å²) in [7, 11) is 3.88. The Morgan fingerprint density at radius 1 is 1.11 bits per heavy atom. The van der Waals surface area contributed by atoms with E-state index in [1.807, 2.05) is 7.05 Å². The normalized spacial score (nSPS) is 20.4. The molecule has 0 radical (unpaired) electrons. The van der Waals surface area contributed by atoms with Gasteiger partial charge in [0, 0.05) is 42.5 Å². The number of hydrogen-bond acceptors (Lipinski definition) is 7. The minimum Gasteiger partial charge on any atom is -0.369 e. The maximum atomic E-state index is 13.6. The summed E-state index contributed by atoms with van der Waals surface area (Å²) in [4.78, 5) is 36.3. The molecule has 2 aromatic rings. The molecular formula is C26H36F3N7O2.